The van der Waals surface area contributed by atoms with E-state index in [0.717, 1.165) is 44.2 Å². The van der Waals surface area contributed by atoms with Gasteiger partial charge in [0.1, 0.15) is 5.82 Å². The number of halogens is 1. The van der Waals surface area contributed by atoms with Crippen LogP contribution in [0.2, 0.25) is 0 Å². The fourth-order valence-corrected chi connectivity index (χ4v) is 3.98. The Morgan fingerprint density at radius 3 is 2.65 bits per heavy atom. The van der Waals surface area contributed by atoms with Crippen molar-refractivity contribution in [1.29, 1.82) is 0 Å². The summed E-state index contributed by atoms with van der Waals surface area (Å²) in [6.07, 6.45) is 6.36. The predicted octanol–water partition coefficient (Wildman–Crippen LogP) is 3.41. The lowest BCUT2D eigenvalue weighted by atomic mass is 9.99. The average Bonchev–Trinajstić information content (AvgIpc) is 2.98. The third-order valence-electron chi connectivity index (χ3n) is 5.40. The molecule has 0 N–H and O–H groups in total. The van der Waals surface area contributed by atoms with Crippen molar-refractivity contribution in [2.24, 2.45) is 0 Å². The van der Waals surface area contributed by atoms with Crippen LogP contribution in [-0.4, -0.2) is 47.9 Å². The lowest BCUT2D eigenvalue weighted by Gasteiger charge is -2.28. The summed E-state index contributed by atoms with van der Waals surface area (Å²) in [5, 5.41) is 0. The lowest BCUT2D eigenvalue weighted by Crippen LogP contribution is -2.39. The van der Waals surface area contributed by atoms with Gasteiger partial charge in [-0.25, -0.2) is 4.39 Å². The number of carbonyl (C=O) groups excluding carboxylic acids is 1. The summed E-state index contributed by atoms with van der Waals surface area (Å²) in [4.78, 5) is 17.3. The highest BCUT2D eigenvalue weighted by Crippen LogP contribution is 2.25. The van der Waals surface area contributed by atoms with Crippen molar-refractivity contribution < 1.29 is 9.18 Å². The Hall–Kier alpha value is -1.42. The van der Waals surface area contributed by atoms with Gasteiger partial charge in [-0.1, -0.05) is 25.0 Å². The number of benzene rings is 1. The normalized spacial score (nSPS) is 22.1. The third kappa shape index (κ3) is 3.92. The zero-order chi connectivity index (χ0) is 16.2. The van der Waals surface area contributed by atoms with Gasteiger partial charge in [-0.05, 0) is 43.9 Å². The molecule has 1 aromatic carbocycles. The summed E-state index contributed by atoms with van der Waals surface area (Å²) in [5.74, 6) is -0.418. The first-order chi connectivity index (χ1) is 11.1. The van der Waals surface area contributed by atoms with Gasteiger partial charge in [-0.15, -0.1) is 0 Å². The second-order valence-electron chi connectivity index (χ2n) is 6.93. The van der Waals surface area contributed by atoms with Crippen molar-refractivity contribution in [3.05, 3.63) is 35.6 Å². The number of amides is 1. The van der Waals surface area contributed by atoms with E-state index in [9.17, 15) is 9.18 Å². The number of hydrogen-bond acceptors (Lipinski definition) is 2. The van der Waals surface area contributed by atoms with E-state index in [1.807, 2.05) is 17.9 Å². The van der Waals surface area contributed by atoms with Crippen LogP contribution in [0.4, 0.5) is 4.39 Å². The number of nitrogens with zero attached hydrogens (tertiary/aromatic N) is 2. The molecule has 2 fully saturated rings. The van der Waals surface area contributed by atoms with E-state index >= 15 is 0 Å². The van der Waals surface area contributed by atoms with Gasteiger partial charge in [0.25, 0.3) is 0 Å². The van der Waals surface area contributed by atoms with E-state index in [0.29, 0.717) is 0 Å². The highest BCUT2D eigenvalue weighted by atomic mass is 19.1. The molecule has 3 rings (SSSR count). The molecule has 1 atom stereocenters. The van der Waals surface area contributed by atoms with Crippen LogP contribution in [0.25, 0.3) is 0 Å². The lowest BCUT2D eigenvalue weighted by molar-refractivity contribution is -0.132. The summed E-state index contributed by atoms with van der Waals surface area (Å²) in [6.45, 7) is 5.59. The van der Waals surface area contributed by atoms with Crippen LogP contribution in [0, 0.1) is 5.82 Å². The topological polar surface area (TPSA) is 23.6 Å². The molecule has 1 amide bonds. The largest absolute Gasteiger partial charge is 0.341 e. The molecule has 4 heteroatoms. The Kier molecular flexibility index (Phi) is 5.31. The minimum atomic E-state index is -0.274. The van der Waals surface area contributed by atoms with Crippen LogP contribution in [0.3, 0.4) is 0 Å². The standard InChI is InChI=1S/C19H27FN2O/c1-15(16-6-4-7-17(20)14-16)19(23)22-11-5-10-21(12-13-22)18-8-2-3-9-18/h4,6-7,14-15,18H,2-3,5,8-13H2,1H3. The van der Waals surface area contributed by atoms with Crippen molar-refractivity contribution in [1.82, 2.24) is 9.80 Å². The Morgan fingerprint density at radius 2 is 1.91 bits per heavy atom. The molecule has 0 aromatic heterocycles. The van der Waals surface area contributed by atoms with Gasteiger partial charge in [0.05, 0.1) is 5.92 Å². The second kappa shape index (κ2) is 7.43. The quantitative estimate of drug-likeness (QED) is 0.853. The van der Waals surface area contributed by atoms with Crippen molar-refractivity contribution in [3.63, 3.8) is 0 Å². The molecule has 3 nitrogen and oxygen atoms in total. The van der Waals surface area contributed by atoms with Crippen molar-refractivity contribution in [3.8, 4) is 0 Å². The van der Waals surface area contributed by atoms with Crippen molar-refractivity contribution in [2.75, 3.05) is 26.2 Å². The molecule has 0 bridgehead atoms. The number of carbonyl (C=O) groups is 1. The summed E-state index contributed by atoms with van der Waals surface area (Å²) in [7, 11) is 0. The Morgan fingerprint density at radius 1 is 1.13 bits per heavy atom. The first kappa shape index (κ1) is 16.4. The number of rotatable bonds is 3. The predicted molar refractivity (Wildman–Crippen MR) is 89.8 cm³/mol. The zero-order valence-electron chi connectivity index (χ0n) is 14.0. The Bertz CT molecular complexity index is 542. The summed E-state index contributed by atoms with van der Waals surface area (Å²) in [5.41, 5.74) is 0.770. The van der Waals surface area contributed by atoms with Gasteiger partial charge >= 0.3 is 0 Å². The van der Waals surface area contributed by atoms with Crippen LogP contribution in [-0.2, 0) is 4.79 Å². The van der Waals surface area contributed by atoms with Gasteiger partial charge in [0.15, 0.2) is 0 Å². The maximum Gasteiger partial charge on any atom is 0.229 e. The fourth-order valence-electron chi connectivity index (χ4n) is 3.98. The fraction of sp³-hybridized carbons (Fsp3) is 0.632. The monoisotopic (exact) mass is 318 g/mol. The van der Waals surface area contributed by atoms with Gasteiger partial charge in [-0.2, -0.15) is 0 Å². The molecule has 0 spiro atoms. The number of hydrogen-bond donors (Lipinski definition) is 0. The van der Waals surface area contributed by atoms with Crippen LogP contribution in [0.15, 0.2) is 24.3 Å². The van der Waals surface area contributed by atoms with Gasteiger partial charge in [-0.3, -0.25) is 9.69 Å². The molecule has 1 heterocycles. The molecule has 1 aromatic rings. The molecular formula is C19H27FN2O. The molecule has 1 saturated carbocycles. The Labute approximate surface area is 138 Å². The maximum absolute atomic E-state index is 13.4. The zero-order valence-corrected chi connectivity index (χ0v) is 14.0. The molecular weight excluding hydrogens is 291 g/mol. The van der Waals surface area contributed by atoms with Crippen molar-refractivity contribution >= 4 is 5.91 Å². The highest BCUT2D eigenvalue weighted by molar-refractivity contribution is 5.83. The summed E-state index contributed by atoms with van der Waals surface area (Å²) < 4.78 is 13.4. The van der Waals surface area contributed by atoms with Crippen LogP contribution in [0.1, 0.15) is 50.5 Å². The average molecular weight is 318 g/mol. The molecule has 126 valence electrons. The minimum absolute atomic E-state index is 0.129. The third-order valence-corrected chi connectivity index (χ3v) is 5.40. The minimum Gasteiger partial charge on any atom is -0.341 e. The van der Waals surface area contributed by atoms with E-state index in [1.54, 1.807) is 6.07 Å². The smallest absolute Gasteiger partial charge is 0.229 e. The second-order valence-corrected chi connectivity index (χ2v) is 6.93. The molecule has 0 radical (unpaired) electrons. The van der Waals surface area contributed by atoms with Crippen LogP contribution >= 0.6 is 0 Å². The first-order valence-electron chi connectivity index (χ1n) is 8.93. The van der Waals surface area contributed by atoms with E-state index in [1.165, 1.54) is 37.8 Å². The molecule has 1 aliphatic heterocycles. The van der Waals surface area contributed by atoms with E-state index < -0.39 is 0 Å². The van der Waals surface area contributed by atoms with Gasteiger partial charge in [0.2, 0.25) is 5.91 Å². The summed E-state index contributed by atoms with van der Waals surface area (Å²) in [6, 6.07) is 7.15. The molecule has 1 unspecified atom stereocenters. The van der Waals surface area contributed by atoms with Crippen molar-refractivity contribution in [2.45, 2.75) is 51.0 Å². The molecule has 1 saturated heterocycles. The SMILES string of the molecule is CC(C(=O)N1CCCN(C2CCCC2)CC1)c1cccc(F)c1. The highest BCUT2D eigenvalue weighted by Gasteiger charge is 2.28. The van der Waals surface area contributed by atoms with E-state index in [2.05, 4.69) is 4.90 Å². The van der Waals surface area contributed by atoms with Crippen LogP contribution in [0.5, 0.6) is 0 Å². The van der Waals surface area contributed by atoms with Crippen LogP contribution < -0.4 is 0 Å². The van der Waals surface area contributed by atoms with Gasteiger partial charge < -0.3 is 4.90 Å². The molecule has 23 heavy (non-hydrogen) atoms. The van der Waals surface area contributed by atoms with E-state index in [-0.39, 0.29) is 17.6 Å². The maximum atomic E-state index is 13.4. The van der Waals surface area contributed by atoms with Gasteiger partial charge in [0, 0.05) is 32.2 Å². The first-order valence-corrected chi connectivity index (χ1v) is 8.93. The molecule has 1 aliphatic carbocycles. The summed E-state index contributed by atoms with van der Waals surface area (Å²) >= 11 is 0. The van der Waals surface area contributed by atoms with E-state index in [4.69, 9.17) is 0 Å². The molecule has 2 aliphatic rings. The Balaban J connectivity index is 1.61.